The van der Waals surface area contributed by atoms with Crippen LogP contribution >= 0.6 is 0 Å². The number of aliphatic imine (C=N–C) groups is 1. The molecule has 0 aromatic heterocycles. The zero-order valence-corrected chi connectivity index (χ0v) is 5.53. The molecule has 10 heavy (non-hydrogen) atoms. The van der Waals surface area contributed by atoms with Gasteiger partial charge in [0, 0.05) is 7.05 Å². The Balaban J connectivity index is 3.69. The Morgan fingerprint density at radius 1 is 1.70 bits per heavy atom. The minimum atomic E-state index is -0.124. The van der Waals surface area contributed by atoms with Crippen LogP contribution in [0.5, 0.6) is 0 Å². The van der Waals surface area contributed by atoms with Gasteiger partial charge in [0.1, 0.15) is 0 Å². The molecular weight excluding hydrogens is 134 g/mol. The molecule has 0 aliphatic heterocycles. The van der Waals surface area contributed by atoms with Crippen molar-refractivity contribution >= 4 is 12.6 Å². The molecule has 1 amide bonds. The standard InChI is InChI=1S/C5H9N3O2/c1-6-8-3-5(10)2-7-4-9/h2-4,6,8,10H,1H3/b5-3+,7-2?. The average Bonchev–Trinajstić information content (AvgIpc) is 1.97. The molecule has 5 heteroatoms. The minimum Gasteiger partial charge on any atom is -0.505 e. The number of nitrogens with one attached hydrogen (secondary N) is 2. The molecule has 0 radical (unpaired) electrons. The molecule has 0 aromatic rings. The Morgan fingerprint density at radius 3 is 2.90 bits per heavy atom. The van der Waals surface area contributed by atoms with Gasteiger partial charge in [-0.1, -0.05) is 0 Å². The maximum atomic E-state index is 9.61. The number of hydrazine groups is 1. The van der Waals surface area contributed by atoms with Crippen LogP contribution in [-0.4, -0.2) is 24.8 Å². The Kier molecular flexibility index (Phi) is 4.99. The first-order valence-electron chi connectivity index (χ1n) is 2.59. The smallest absolute Gasteiger partial charge is 0.232 e. The van der Waals surface area contributed by atoms with Gasteiger partial charge in [-0.3, -0.25) is 4.79 Å². The van der Waals surface area contributed by atoms with Gasteiger partial charge in [-0.2, -0.15) is 0 Å². The summed E-state index contributed by atoms with van der Waals surface area (Å²) in [6, 6.07) is 0. The highest BCUT2D eigenvalue weighted by Gasteiger charge is 1.81. The fourth-order valence-electron chi connectivity index (χ4n) is 0.290. The minimum absolute atomic E-state index is 0.124. The molecule has 0 rings (SSSR count). The summed E-state index contributed by atoms with van der Waals surface area (Å²) in [5, 5.41) is 8.76. The Hall–Kier alpha value is -1.36. The van der Waals surface area contributed by atoms with Gasteiger partial charge in [-0.05, 0) is 0 Å². The van der Waals surface area contributed by atoms with E-state index in [1.807, 2.05) is 0 Å². The summed E-state index contributed by atoms with van der Waals surface area (Å²) in [6.45, 7) is 0. The van der Waals surface area contributed by atoms with Crippen molar-refractivity contribution in [2.75, 3.05) is 7.05 Å². The highest BCUT2D eigenvalue weighted by atomic mass is 16.3. The van der Waals surface area contributed by atoms with Crippen LogP contribution in [0.25, 0.3) is 0 Å². The lowest BCUT2D eigenvalue weighted by molar-refractivity contribution is -0.106. The zero-order valence-electron chi connectivity index (χ0n) is 5.53. The van der Waals surface area contributed by atoms with Crippen molar-refractivity contribution in [3.05, 3.63) is 12.0 Å². The van der Waals surface area contributed by atoms with E-state index >= 15 is 0 Å². The van der Waals surface area contributed by atoms with Crippen molar-refractivity contribution in [2.45, 2.75) is 0 Å². The molecule has 0 fully saturated rings. The second kappa shape index (κ2) is 5.77. The predicted molar refractivity (Wildman–Crippen MR) is 37.5 cm³/mol. The van der Waals surface area contributed by atoms with Crippen LogP contribution in [0.1, 0.15) is 0 Å². The number of carbonyl (C=O) groups excluding carboxylic acids is 1. The van der Waals surface area contributed by atoms with E-state index in [1.54, 1.807) is 7.05 Å². The molecule has 56 valence electrons. The number of aliphatic hydroxyl groups is 1. The second-order valence-corrected chi connectivity index (χ2v) is 1.35. The molecule has 0 aliphatic carbocycles. The first-order chi connectivity index (χ1) is 4.81. The first kappa shape index (κ1) is 8.64. The molecule has 0 aromatic carbocycles. The van der Waals surface area contributed by atoms with Crippen molar-refractivity contribution < 1.29 is 9.90 Å². The van der Waals surface area contributed by atoms with Gasteiger partial charge in [0.15, 0.2) is 5.76 Å². The van der Waals surface area contributed by atoms with E-state index < -0.39 is 0 Å². The van der Waals surface area contributed by atoms with Crippen LogP contribution in [0.3, 0.4) is 0 Å². The van der Waals surface area contributed by atoms with Gasteiger partial charge in [0.25, 0.3) is 0 Å². The molecule has 0 bridgehead atoms. The normalized spacial score (nSPS) is 11.9. The van der Waals surface area contributed by atoms with Gasteiger partial charge < -0.3 is 10.5 Å². The molecular formula is C5H9N3O2. The molecule has 5 nitrogen and oxygen atoms in total. The van der Waals surface area contributed by atoms with E-state index in [0.29, 0.717) is 6.41 Å². The number of amides is 1. The highest BCUT2D eigenvalue weighted by molar-refractivity contribution is 5.81. The number of aliphatic hydroxyl groups excluding tert-OH is 1. The maximum Gasteiger partial charge on any atom is 0.232 e. The van der Waals surface area contributed by atoms with Crippen LogP contribution in [-0.2, 0) is 4.79 Å². The third-order valence-corrected chi connectivity index (χ3v) is 0.632. The molecule has 0 saturated carbocycles. The first-order valence-corrected chi connectivity index (χ1v) is 2.59. The second-order valence-electron chi connectivity index (χ2n) is 1.35. The number of carbonyl (C=O) groups is 1. The fourth-order valence-corrected chi connectivity index (χ4v) is 0.290. The van der Waals surface area contributed by atoms with E-state index in [-0.39, 0.29) is 5.76 Å². The monoisotopic (exact) mass is 143 g/mol. The lowest BCUT2D eigenvalue weighted by Gasteiger charge is -1.93. The molecule has 0 heterocycles. The van der Waals surface area contributed by atoms with Gasteiger partial charge in [-0.25, -0.2) is 10.4 Å². The number of nitrogens with zero attached hydrogens (tertiary/aromatic N) is 1. The molecule has 0 spiro atoms. The maximum absolute atomic E-state index is 9.61. The van der Waals surface area contributed by atoms with Gasteiger partial charge in [0.2, 0.25) is 6.41 Å². The Labute approximate surface area is 58.4 Å². The zero-order chi connectivity index (χ0) is 7.82. The third-order valence-electron chi connectivity index (χ3n) is 0.632. The predicted octanol–water partition coefficient (Wildman–Crippen LogP) is -0.663. The fraction of sp³-hybridized carbons (Fsp3) is 0.200. The molecule has 0 unspecified atom stereocenters. The SMILES string of the molecule is CNN/C=C(/O)C=NC=O. The summed E-state index contributed by atoms with van der Waals surface area (Å²) in [5.74, 6) is -0.124. The van der Waals surface area contributed by atoms with Crippen molar-refractivity contribution in [2.24, 2.45) is 4.99 Å². The van der Waals surface area contributed by atoms with Crippen LogP contribution < -0.4 is 10.9 Å². The van der Waals surface area contributed by atoms with Gasteiger partial charge in [0.05, 0.1) is 12.4 Å². The van der Waals surface area contributed by atoms with E-state index in [9.17, 15) is 4.79 Å². The molecule has 0 saturated heterocycles. The molecule has 3 N–H and O–H groups in total. The summed E-state index contributed by atoms with van der Waals surface area (Å²) in [4.78, 5) is 12.7. The number of rotatable bonds is 4. The van der Waals surface area contributed by atoms with Gasteiger partial charge >= 0.3 is 0 Å². The molecule has 0 atom stereocenters. The van der Waals surface area contributed by atoms with Crippen LogP contribution in [0, 0.1) is 0 Å². The third kappa shape index (κ3) is 4.79. The largest absolute Gasteiger partial charge is 0.505 e. The topological polar surface area (TPSA) is 73.7 Å². The van der Waals surface area contributed by atoms with E-state index in [0.717, 1.165) is 6.21 Å². The lowest BCUT2D eigenvalue weighted by Crippen LogP contribution is -2.21. The number of allylic oxidation sites excluding steroid dienone is 1. The lowest BCUT2D eigenvalue weighted by atomic mass is 10.6. The van der Waals surface area contributed by atoms with Crippen molar-refractivity contribution in [3.63, 3.8) is 0 Å². The van der Waals surface area contributed by atoms with E-state index in [2.05, 4.69) is 15.8 Å². The number of hydrogen-bond donors (Lipinski definition) is 3. The summed E-state index contributed by atoms with van der Waals surface area (Å²) in [7, 11) is 1.64. The van der Waals surface area contributed by atoms with Crippen LogP contribution in [0.2, 0.25) is 0 Å². The highest BCUT2D eigenvalue weighted by Crippen LogP contribution is 1.76. The van der Waals surface area contributed by atoms with Crippen molar-refractivity contribution in [3.8, 4) is 0 Å². The Bertz CT molecular complexity index is 153. The Morgan fingerprint density at radius 2 is 2.40 bits per heavy atom. The van der Waals surface area contributed by atoms with Crippen molar-refractivity contribution in [1.29, 1.82) is 0 Å². The summed E-state index contributed by atoms with van der Waals surface area (Å²) in [6.07, 6.45) is 2.62. The van der Waals surface area contributed by atoms with Gasteiger partial charge in [-0.15, -0.1) is 0 Å². The summed E-state index contributed by atoms with van der Waals surface area (Å²) >= 11 is 0. The van der Waals surface area contributed by atoms with E-state index in [1.165, 1.54) is 6.20 Å². The van der Waals surface area contributed by atoms with E-state index in [4.69, 9.17) is 5.11 Å². The number of hydrogen-bond acceptors (Lipinski definition) is 4. The van der Waals surface area contributed by atoms with Crippen LogP contribution in [0.15, 0.2) is 17.0 Å². The quantitative estimate of drug-likeness (QED) is 0.211. The van der Waals surface area contributed by atoms with Crippen LogP contribution in [0.4, 0.5) is 0 Å². The summed E-state index contributed by atoms with van der Waals surface area (Å²) in [5.41, 5.74) is 5.03. The summed E-state index contributed by atoms with van der Waals surface area (Å²) < 4.78 is 0. The average molecular weight is 143 g/mol. The molecule has 0 aliphatic rings. The van der Waals surface area contributed by atoms with Crippen molar-refractivity contribution in [1.82, 2.24) is 10.9 Å².